The Labute approximate surface area is 188 Å². The Balaban J connectivity index is 1.93. The lowest BCUT2D eigenvalue weighted by Crippen LogP contribution is -2.29. The van der Waals surface area contributed by atoms with Gasteiger partial charge in [0, 0.05) is 28.0 Å². The molecule has 3 nitrogen and oxygen atoms in total. The second-order valence-electron chi connectivity index (χ2n) is 7.34. The van der Waals surface area contributed by atoms with Crippen LogP contribution < -0.4 is 14.7 Å². The van der Waals surface area contributed by atoms with Crippen molar-refractivity contribution >= 4 is 34.9 Å². The highest BCUT2D eigenvalue weighted by atomic mass is 32.2. The van der Waals surface area contributed by atoms with Gasteiger partial charge >= 0.3 is 0 Å². The fourth-order valence-corrected chi connectivity index (χ4v) is 4.29. The van der Waals surface area contributed by atoms with Crippen LogP contribution in [-0.4, -0.2) is 26.5 Å². The first kappa shape index (κ1) is 21.3. The zero-order valence-electron chi connectivity index (χ0n) is 18.5. The maximum absolute atomic E-state index is 6.35. The smallest absolute Gasteiger partial charge is 0.203 e. The van der Waals surface area contributed by atoms with E-state index in [4.69, 9.17) is 9.15 Å². The van der Waals surface area contributed by atoms with Gasteiger partial charge in [0.25, 0.3) is 0 Å². The fourth-order valence-electron chi connectivity index (χ4n) is 3.88. The Morgan fingerprint density at radius 2 is 1.71 bits per heavy atom. The molecule has 0 amide bonds. The first-order chi connectivity index (χ1) is 15.2. The number of hydrogen-bond acceptors (Lipinski definition) is 3. The zero-order valence-corrected chi connectivity index (χ0v) is 19.3. The molecular weight excluding hydrogens is 402 g/mol. The minimum absolute atomic E-state index is 0.790. The van der Waals surface area contributed by atoms with Crippen molar-refractivity contribution in [2.75, 3.05) is 26.5 Å². The van der Waals surface area contributed by atoms with Crippen molar-refractivity contribution in [1.82, 2.24) is 4.58 Å². The summed E-state index contributed by atoms with van der Waals surface area (Å²) in [7, 11) is 1.68. The molecule has 1 heterocycles. The Bertz CT molecular complexity index is 1260. The largest absolute Gasteiger partial charge is 0.497 e. The van der Waals surface area contributed by atoms with Crippen molar-refractivity contribution in [2.24, 2.45) is 0 Å². The third-order valence-electron chi connectivity index (χ3n) is 5.64. The summed E-state index contributed by atoms with van der Waals surface area (Å²) in [6.07, 6.45) is 6.45. The molecule has 0 saturated carbocycles. The number of benzene rings is 3. The average molecular weight is 431 g/mol. The Kier molecular flexibility index (Phi) is 6.47. The van der Waals surface area contributed by atoms with Gasteiger partial charge in [-0.2, -0.15) is 0 Å². The molecule has 0 unspecified atom stereocenters. The molecule has 2 aromatic carbocycles. The molecule has 0 atom stereocenters. The number of ether oxygens (including phenoxy) is 1. The molecule has 1 aliphatic carbocycles. The van der Waals surface area contributed by atoms with Crippen LogP contribution in [0, 0.1) is 0 Å². The van der Waals surface area contributed by atoms with Crippen molar-refractivity contribution in [2.45, 2.75) is 18.7 Å². The maximum Gasteiger partial charge on any atom is 0.203 e. The summed E-state index contributed by atoms with van der Waals surface area (Å²) < 4.78 is 14.1. The summed E-state index contributed by atoms with van der Waals surface area (Å²) in [5, 5.41) is 2.24. The quantitative estimate of drug-likeness (QED) is 0.205. The number of thioether (sulfide) groups is 1. The van der Waals surface area contributed by atoms with E-state index in [-0.39, 0.29) is 0 Å². The third kappa shape index (κ3) is 4.40. The fraction of sp³-hybridized carbons (Fsp3) is 0.222. The maximum atomic E-state index is 6.35. The topological polar surface area (TPSA) is 25.4 Å². The Morgan fingerprint density at radius 3 is 2.39 bits per heavy atom. The average Bonchev–Trinajstić information content (AvgIpc) is 2.82. The van der Waals surface area contributed by atoms with E-state index in [0.717, 1.165) is 46.7 Å². The summed E-state index contributed by atoms with van der Waals surface area (Å²) in [5.74, 6) is 1.67. The van der Waals surface area contributed by atoms with Crippen LogP contribution in [0.2, 0.25) is 0 Å². The van der Waals surface area contributed by atoms with Crippen molar-refractivity contribution in [1.29, 1.82) is 0 Å². The SMILES string of the molecule is CC[N+](CC)=c1ccc2c(C=Cc3ccc(SC)cc3)c3ccc(OC)cc3oc-2c1. The van der Waals surface area contributed by atoms with E-state index >= 15 is 0 Å². The van der Waals surface area contributed by atoms with E-state index in [1.54, 1.807) is 18.9 Å². The lowest BCUT2D eigenvalue weighted by molar-refractivity contribution is 0.414. The number of nitrogens with zero attached hydrogens (tertiary/aromatic N) is 1. The molecule has 0 saturated heterocycles. The highest BCUT2D eigenvalue weighted by Crippen LogP contribution is 2.35. The first-order valence-electron chi connectivity index (χ1n) is 10.6. The van der Waals surface area contributed by atoms with Crippen LogP contribution >= 0.6 is 11.8 Å². The molecule has 31 heavy (non-hydrogen) atoms. The van der Waals surface area contributed by atoms with Gasteiger partial charge in [-0.05, 0) is 61.6 Å². The number of fused-ring (bicyclic) bond motifs is 2. The molecule has 0 radical (unpaired) electrons. The molecule has 2 aromatic rings. The molecule has 0 aromatic heterocycles. The van der Waals surface area contributed by atoms with Crippen molar-refractivity contribution in [3.05, 3.63) is 77.1 Å². The lowest BCUT2D eigenvalue weighted by Gasteiger charge is -2.13. The highest BCUT2D eigenvalue weighted by molar-refractivity contribution is 7.98. The minimum Gasteiger partial charge on any atom is -0.497 e. The van der Waals surface area contributed by atoms with E-state index < -0.39 is 0 Å². The third-order valence-corrected chi connectivity index (χ3v) is 6.38. The van der Waals surface area contributed by atoms with Crippen LogP contribution in [0.4, 0.5) is 0 Å². The van der Waals surface area contributed by atoms with E-state index in [1.807, 2.05) is 12.1 Å². The predicted molar refractivity (Wildman–Crippen MR) is 133 cm³/mol. The second kappa shape index (κ2) is 9.44. The normalized spacial score (nSPS) is 11.5. The summed E-state index contributed by atoms with van der Waals surface area (Å²) in [5.41, 5.74) is 4.25. The van der Waals surface area contributed by atoms with Gasteiger partial charge < -0.3 is 9.15 Å². The molecule has 0 fully saturated rings. The van der Waals surface area contributed by atoms with E-state index in [2.05, 4.69) is 85.4 Å². The van der Waals surface area contributed by atoms with Crippen molar-refractivity contribution in [3.63, 3.8) is 0 Å². The van der Waals surface area contributed by atoms with Crippen molar-refractivity contribution in [3.8, 4) is 17.1 Å². The van der Waals surface area contributed by atoms with Gasteiger partial charge in [0.2, 0.25) is 5.36 Å². The summed E-state index contributed by atoms with van der Waals surface area (Å²) in [6.45, 7) is 6.27. The van der Waals surface area contributed by atoms with E-state index in [1.165, 1.54) is 15.8 Å². The molecule has 0 spiro atoms. The molecule has 4 rings (SSSR count). The molecular formula is C27H28NO2S+. The standard InChI is InChI=1S/C27H28NO2S/c1-5-28(6-2)20-10-15-24-23(14-9-19-7-12-22(31-4)13-8-19)25-16-11-21(29-3)18-27(25)30-26(24)17-20/h7-18H,5-6H2,1-4H3/q+1. The first-order valence-corrected chi connectivity index (χ1v) is 11.8. The lowest BCUT2D eigenvalue weighted by atomic mass is 9.98. The van der Waals surface area contributed by atoms with Crippen molar-refractivity contribution < 1.29 is 9.15 Å². The van der Waals surface area contributed by atoms with Gasteiger partial charge in [-0.25, -0.2) is 4.58 Å². The predicted octanol–water partition coefficient (Wildman–Crippen LogP) is 6.25. The van der Waals surface area contributed by atoms with Gasteiger partial charge in [-0.15, -0.1) is 11.8 Å². The molecule has 4 heteroatoms. The van der Waals surface area contributed by atoms with E-state index in [0.29, 0.717) is 0 Å². The van der Waals surface area contributed by atoms with Crippen LogP contribution in [0.25, 0.3) is 34.4 Å². The molecule has 158 valence electrons. The summed E-state index contributed by atoms with van der Waals surface area (Å²) in [6, 6.07) is 21.1. The van der Waals surface area contributed by atoms with Crippen LogP contribution in [0.15, 0.2) is 70.0 Å². The Hall–Kier alpha value is -2.98. The van der Waals surface area contributed by atoms with Crippen LogP contribution in [0.1, 0.15) is 25.0 Å². The second-order valence-corrected chi connectivity index (χ2v) is 8.22. The molecule has 0 bridgehead atoms. The van der Waals surface area contributed by atoms with E-state index in [9.17, 15) is 0 Å². The van der Waals surface area contributed by atoms with Crippen LogP contribution in [-0.2, 0) is 0 Å². The van der Waals surface area contributed by atoms with Crippen LogP contribution in [0.3, 0.4) is 0 Å². The van der Waals surface area contributed by atoms with Gasteiger partial charge in [-0.3, -0.25) is 0 Å². The number of rotatable bonds is 6. The highest BCUT2D eigenvalue weighted by Gasteiger charge is 2.16. The molecule has 1 aliphatic heterocycles. The molecule has 0 N–H and O–H groups in total. The van der Waals surface area contributed by atoms with Crippen LogP contribution in [0.5, 0.6) is 5.75 Å². The monoisotopic (exact) mass is 430 g/mol. The molecule has 2 aliphatic rings. The number of methoxy groups -OCH3 is 1. The summed E-state index contributed by atoms with van der Waals surface area (Å²) >= 11 is 1.75. The minimum atomic E-state index is 0.790. The van der Waals surface area contributed by atoms with Gasteiger partial charge in [-0.1, -0.05) is 24.3 Å². The Morgan fingerprint density at radius 1 is 0.935 bits per heavy atom. The van der Waals surface area contributed by atoms with Gasteiger partial charge in [0.15, 0.2) is 0 Å². The number of hydrogen-bond donors (Lipinski definition) is 0. The zero-order chi connectivity index (χ0) is 21.8. The summed E-state index contributed by atoms with van der Waals surface area (Å²) in [4.78, 5) is 1.27. The van der Waals surface area contributed by atoms with Gasteiger partial charge in [0.05, 0.1) is 13.2 Å². The van der Waals surface area contributed by atoms with Gasteiger partial charge in [0.1, 0.15) is 30.2 Å².